The summed E-state index contributed by atoms with van der Waals surface area (Å²) in [6, 6.07) is 6.39. The maximum Gasteiger partial charge on any atom is 0.348 e. The van der Waals surface area contributed by atoms with Crippen LogP contribution in [0.2, 0.25) is 0 Å². The number of amides is 1. The zero-order chi connectivity index (χ0) is 15.4. The molecule has 1 amide bonds. The SMILES string of the molecule is NNC(=O)c1cccc(Cn2cc([N+](=O)[O-])cnc2=O)c1. The number of hydrogen-bond donors (Lipinski definition) is 2. The number of carbonyl (C=O) groups excluding carboxylic acids is 1. The normalized spacial score (nSPS) is 10.1. The van der Waals surface area contributed by atoms with Crippen molar-refractivity contribution in [3.8, 4) is 0 Å². The zero-order valence-electron chi connectivity index (χ0n) is 10.7. The van der Waals surface area contributed by atoms with Gasteiger partial charge in [0.2, 0.25) is 0 Å². The smallest absolute Gasteiger partial charge is 0.290 e. The van der Waals surface area contributed by atoms with E-state index < -0.39 is 16.5 Å². The predicted octanol–water partition coefficient (Wildman–Crippen LogP) is -0.197. The molecule has 1 aromatic carbocycles. The number of rotatable bonds is 4. The molecule has 0 radical (unpaired) electrons. The van der Waals surface area contributed by atoms with Crippen molar-refractivity contribution in [3.63, 3.8) is 0 Å². The lowest BCUT2D eigenvalue weighted by Gasteiger charge is -2.06. The molecule has 1 aromatic heterocycles. The summed E-state index contributed by atoms with van der Waals surface area (Å²) < 4.78 is 1.09. The molecule has 3 N–H and O–H groups in total. The Morgan fingerprint density at radius 3 is 2.90 bits per heavy atom. The van der Waals surface area contributed by atoms with Crippen molar-refractivity contribution in [1.29, 1.82) is 0 Å². The Kier molecular flexibility index (Phi) is 4.05. The monoisotopic (exact) mass is 289 g/mol. The second kappa shape index (κ2) is 5.92. The molecule has 0 aliphatic carbocycles. The minimum Gasteiger partial charge on any atom is -0.290 e. The van der Waals surface area contributed by atoms with Crippen LogP contribution in [0.1, 0.15) is 15.9 Å². The third-order valence-corrected chi connectivity index (χ3v) is 2.73. The number of benzene rings is 1. The van der Waals surface area contributed by atoms with Crippen LogP contribution in [0.5, 0.6) is 0 Å². The molecule has 21 heavy (non-hydrogen) atoms. The Morgan fingerprint density at radius 1 is 1.48 bits per heavy atom. The third kappa shape index (κ3) is 3.28. The molecule has 0 aliphatic heterocycles. The van der Waals surface area contributed by atoms with E-state index in [1.54, 1.807) is 18.2 Å². The van der Waals surface area contributed by atoms with Crippen LogP contribution >= 0.6 is 0 Å². The van der Waals surface area contributed by atoms with Crippen LogP contribution in [0.25, 0.3) is 0 Å². The number of nitrogens with two attached hydrogens (primary N) is 1. The molecule has 9 heteroatoms. The van der Waals surface area contributed by atoms with Gasteiger partial charge in [0.25, 0.3) is 5.91 Å². The first-order chi connectivity index (χ1) is 10.0. The average molecular weight is 289 g/mol. The van der Waals surface area contributed by atoms with Gasteiger partial charge < -0.3 is 0 Å². The van der Waals surface area contributed by atoms with Gasteiger partial charge in [0, 0.05) is 5.56 Å². The molecule has 1 heterocycles. The average Bonchev–Trinajstić information content (AvgIpc) is 2.48. The van der Waals surface area contributed by atoms with Crippen molar-refractivity contribution in [3.05, 3.63) is 68.4 Å². The zero-order valence-corrected chi connectivity index (χ0v) is 10.7. The second-order valence-corrected chi connectivity index (χ2v) is 4.15. The Morgan fingerprint density at radius 2 is 2.24 bits per heavy atom. The predicted molar refractivity (Wildman–Crippen MR) is 72.3 cm³/mol. The lowest BCUT2D eigenvalue weighted by atomic mass is 10.1. The summed E-state index contributed by atoms with van der Waals surface area (Å²) >= 11 is 0. The van der Waals surface area contributed by atoms with E-state index in [0.29, 0.717) is 11.1 Å². The summed E-state index contributed by atoms with van der Waals surface area (Å²) in [4.78, 5) is 36.5. The van der Waals surface area contributed by atoms with Crippen LogP contribution in [0.4, 0.5) is 5.69 Å². The first-order valence-electron chi connectivity index (χ1n) is 5.82. The van der Waals surface area contributed by atoms with Gasteiger partial charge in [-0.3, -0.25) is 24.9 Å². The summed E-state index contributed by atoms with van der Waals surface area (Å²) in [5, 5.41) is 10.7. The standard InChI is InChI=1S/C12H11N5O4/c13-15-11(18)9-3-1-2-8(4-9)6-16-7-10(17(20)21)5-14-12(16)19/h1-5,7H,6,13H2,(H,15,18). The molecule has 0 unspecified atom stereocenters. The molecule has 0 aliphatic rings. The van der Waals surface area contributed by atoms with E-state index >= 15 is 0 Å². The van der Waals surface area contributed by atoms with Gasteiger partial charge in [-0.15, -0.1) is 0 Å². The molecule has 2 aromatic rings. The number of nitrogens with zero attached hydrogens (tertiary/aromatic N) is 3. The Hall–Kier alpha value is -3.07. The Bertz CT molecular complexity index is 755. The number of nitro groups is 1. The highest BCUT2D eigenvalue weighted by Crippen LogP contribution is 2.09. The minimum absolute atomic E-state index is 0.0548. The molecule has 0 atom stereocenters. The lowest BCUT2D eigenvalue weighted by molar-refractivity contribution is -0.385. The summed E-state index contributed by atoms with van der Waals surface area (Å²) in [7, 11) is 0. The fraction of sp³-hybridized carbons (Fsp3) is 0.0833. The van der Waals surface area contributed by atoms with Crippen LogP contribution in [0.15, 0.2) is 41.5 Å². The van der Waals surface area contributed by atoms with Gasteiger partial charge in [-0.1, -0.05) is 12.1 Å². The number of carbonyl (C=O) groups is 1. The van der Waals surface area contributed by atoms with Gasteiger partial charge in [0.1, 0.15) is 6.20 Å². The number of hydrazine groups is 1. The quantitative estimate of drug-likeness (QED) is 0.346. The maximum absolute atomic E-state index is 11.6. The van der Waals surface area contributed by atoms with Crippen LogP contribution in [0.3, 0.4) is 0 Å². The lowest BCUT2D eigenvalue weighted by Crippen LogP contribution is -2.30. The highest BCUT2D eigenvalue weighted by Gasteiger charge is 2.10. The van der Waals surface area contributed by atoms with Crippen LogP contribution in [0, 0.1) is 10.1 Å². The first-order valence-corrected chi connectivity index (χ1v) is 5.82. The van der Waals surface area contributed by atoms with E-state index in [1.165, 1.54) is 6.07 Å². The van der Waals surface area contributed by atoms with E-state index in [2.05, 4.69) is 4.98 Å². The van der Waals surface area contributed by atoms with Crippen molar-refractivity contribution >= 4 is 11.6 Å². The molecular weight excluding hydrogens is 278 g/mol. The van der Waals surface area contributed by atoms with E-state index in [1.807, 2.05) is 5.43 Å². The molecule has 0 spiro atoms. The Labute approximate surface area is 118 Å². The third-order valence-electron chi connectivity index (χ3n) is 2.73. The van der Waals surface area contributed by atoms with Crippen LogP contribution in [-0.2, 0) is 6.54 Å². The van der Waals surface area contributed by atoms with Crippen LogP contribution in [-0.4, -0.2) is 20.4 Å². The summed E-state index contributed by atoms with van der Waals surface area (Å²) in [6.45, 7) is 0.0548. The van der Waals surface area contributed by atoms with Crippen molar-refractivity contribution < 1.29 is 9.72 Å². The van der Waals surface area contributed by atoms with Crippen molar-refractivity contribution in [1.82, 2.24) is 15.0 Å². The topological polar surface area (TPSA) is 133 Å². The van der Waals surface area contributed by atoms with E-state index in [0.717, 1.165) is 17.0 Å². The summed E-state index contributed by atoms with van der Waals surface area (Å²) in [6.07, 6.45) is 2.00. The molecule has 9 nitrogen and oxygen atoms in total. The first kappa shape index (κ1) is 14.3. The van der Waals surface area contributed by atoms with Crippen molar-refractivity contribution in [2.75, 3.05) is 0 Å². The minimum atomic E-state index is -0.638. The molecule has 108 valence electrons. The van der Waals surface area contributed by atoms with E-state index in [-0.39, 0.29) is 12.2 Å². The maximum atomic E-state index is 11.6. The van der Waals surface area contributed by atoms with E-state index in [4.69, 9.17) is 5.84 Å². The summed E-state index contributed by atoms with van der Waals surface area (Å²) in [5.74, 6) is 4.57. The van der Waals surface area contributed by atoms with Gasteiger partial charge in [-0.25, -0.2) is 10.6 Å². The number of aromatic nitrogens is 2. The highest BCUT2D eigenvalue weighted by molar-refractivity contribution is 5.93. The molecule has 0 bridgehead atoms. The fourth-order valence-corrected chi connectivity index (χ4v) is 1.74. The van der Waals surface area contributed by atoms with Crippen molar-refractivity contribution in [2.24, 2.45) is 5.84 Å². The molecule has 0 saturated heterocycles. The van der Waals surface area contributed by atoms with Gasteiger partial charge in [0.15, 0.2) is 0 Å². The molecule has 0 saturated carbocycles. The molecule has 0 fully saturated rings. The second-order valence-electron chi connectivity index (χ2n) is 4.15. The van der Waals surface area contributed by atoms with E-state index in [9.17, 15) is 19.7 Å². The molecular formula is C12H11N5O4. The number of nitrogen functional groups attached to an aromatic ring is 1. The van der Waals surface area contributed by atoms with Gasteiger partial charge in [-0.2, -0.15) is 4.98 Å². The Balaban J connectivity index is 2.34. The van der Waals surface area contributed by atoms with Gasteiger partial charge in [-0.05, 0) is 17.7 Å². The van der Waals surface area contributed by atoms with Gasteiger partial charge in [0.05, 0.1) is 17.7 Å². The highest BCUT2D eigenvalue weighted by atomic mass is 16.6. The summed E-state index contributed by atoms with van der Waals surface area (Å²) in [5.41, 5.74) is 2.03. The number of nitrogens with one attached hydrogen (secondary N) is 1. The fourth-order valence-electron chi connectivity index (χ4n) is 1.74. The molecule has 2 rings (SSSR count). The largest absolute Gasteiger partial charge is 0.348 e. The number of hydrogen-bond acceptors (Lipinski definition) is 6. The van der Waals surface area contributed by atoms with Crippen LogP contribution < -0.4 is 17.0 Å². The van der Waals surface area contributed by atoms with Crippen molar-refractivity contribution in [2.45, 2.75) is 6.54 Å². The van der Waals surface area contributed by atoms with Gasteiger partial charge >= 0.3 is 11.4 Å².